The predicted molar refractivity (Wildman–Crippen MR) is 85.2 cm³/mol. The number of anilines is 1. The molecule has 112 valence electrons. The second kappa shape index (κ2) is 6.08. The van der Waals surface area contributed by atoms with Crippen molar-refractivity contribution in [2.45, 2.75) is 44.2 Å². The van der Waals surface area contributed by atoms with Gasteiger partial charge in [-0.2, -0.15) is 5.10 Å². The second-order valence-electron chi connectivity index (χ2n) is 5.65. The van der Waals surface area contributed by atoms with Gasteiger partial charge in [0.2, 0.25) is 0 Å². The van der Waals surface area contributed by atoms with Crippen LogP contribution in [0.3, 0.4) is 0 Å². The molecule has 1 aromatic carbocycles. The molecule has 5 heteroatoms. The third-order valence-electron chi connectivity index (χ3n) is 4.17. The van der Waals surface area contributed by atoms with Crippen LogP contribution in [0, 0.1) is 0 Å². The molecule has 0 bridgehead atoms. The molecule has 3 rings (SSSR count). The monoisotopic (exact) mass is 305 g/mol. The molecular weight excluding hydrogens is 286 g/mol. The van der Waals surface area contributed by atoms with Crippen molar-refractivity contribution in [3.63, 3.8) is 0 Å². The molecule has 0 spiro atoms. The van der Waals surface area contributed by atoms with E-state index < -0.39 is 0 Å². The van der Waals surface area contributed by atoms with Crippen molar-refractivity contribution in [1.29, 1.82) is 0 Å². The summed E-state index contributed by atoms with van der Waals surface area (Å²) in [5.74, 6) is 0.580. The molecule has 1 heterocycles. The quantitative estimate of drug-likeness (QED) is 0.832. The SMILES string of the molecule is Nc1cc(-c2ccccc2Cl)nn1C1CCCCCC1O. The molecule has 1 fully saturated rings. The molecule has 2 aromatic rings. The van der Waals surface area contributed by atoms with E-state index in [0.717, 1.165) is 43.4 Å². The molecular formula is C16H20ClN3O. The van der Waals surface area contributed by atoms with Gasteiger partial charge in [0.25, 0.3) is 0 Å². The number of aliphatic hydroxyl groups is 1. The van der Waals surface area contributed by atoms with Crippen LogP contribution in [0.1, 0.15) is 38.1 Å². The highest BCUT2D eigenvalue weighted by Crippen LogP contribution is 2.33. The Morgan fingerprint density at radius 1 is 1.19 bits per heavy atom. The van der Waals surface area contributed by atoms with Crippen LogP contribution in [0.5, 0.6) is 0 Å². The van der Waals surface area contributed by atoms with Crippen molar-refractivity contribution in [2.75, 3.05) is 5.73 Å². The number of aromatic nitrogens is 2. The molecule has 0 aliphatic heterocycles. The highest BCUT2D eigenvalue weighted by molar-refractivity contribution is 6.33. The lowest BCUT2D eigenvalue weighted by Gasteiger charge is -2.21. The number of rotatable bonds is 2. The van der Waals surface area contributed by atoms with Gasteiger partial charge >= 0.3 is 0 Å². The zero-order chi connectivity index (χ0) is 14.8. The van der Waals surface area contributed by atoms with E-state index in [-0.39, 0.29) is 12.1 Å². The normalized spacial score (nSPS) is 23.0. The third kappa shape index (κ3) is 2.92. The van der Waals surface area contributed by atoms with Gasteiger partial charge in [-0.25, -0.2) is 4.68 Å². The number of halogens is 1. The summed E-state index contributed by atoms with van der Waals surface area (Å²) in [7, 11) is 0. The minimum atomic E-state index is -0.381. The number of benzene rings is 1. The van der Waals surface area contributed by atoms with E-state index >= 15 is 0 Å². The van der Waals surface area contributed by atoms with E-state index in [9.17, 15) is 5.11 Å². The molecule has 3 N–H and O–H groups in total. The number of nitrogens with two attached hydrogens (primary N) is 1. The first-order valence-electron chi connectivity index (χ1n) is 7.45. The molecule has 2 unspecified atom stereocenters. The molecule has 1 aliphatic carbocycles. The predicted octanol–water partition coefficient (Wildman–Crippen LogP) is 3.65. The molecule has 21 heavy (non-hydrogen) atoms. The molecule has 2 atom stereocenters. The lowest BCUT2D eigenvalue weighted by atomic mass is 10.1. The average Bonchev–Trinajstić information content (AvgIpc) is 2.71. The van der Waals surface area contributed by atoms with Gasteiger partial charge in [-0.05, 0) is 18.9 Å². The maximum Gasteiger partial charge on any atom is 0.122 e. The average molecular weight is 306 g/mol. The van der Waals surface area contributed by atoms with Crippen LogP contribution in [0.15, 0.2) is 30.3 Å². The zero-order valence-corrected chi connectivity index (χ0v) is 12.6. The minimum Gasteiger partial charge on any atom is -0.391 e. The Balaban J connectivity index is 1.96. The molecule has 1 aromatic heterocycles. The number of nitrogen functional groups attached to an aromatic ring is 1. The standard InChI is InChI=1S/C16H20ClN3O/c17-12-7-5-4-6-11(12)13-10-16(18)20(19-13)14-8-2-1-3-9-15(14)21/h4-7,10,14-15,21H,1-3,8-9,18H2. The van der Waals surface area contributed by atoms with Crippen molar-refractivity contribution in [3.05, 3.63) is 35.4 Å². The van der Waals surface area contributed by atoms with Crippen LogP contribution in [0.25, 0.3) is 11.3 Å². The van der Waals surface area contributed by atoms with Gasteiger partial charge in [-0.1, -0.05) is 49.1 Å². The molecule has 1 aliphatic rings. The molecule has 0 saturated heterocycles. The summed E-state index contributed by atoms with van der Waals surface area (Å²) >= 11 is 6.22. The highest BCUT2D eigenvalue weighted by atomic mass is 35.5. The van der Waals surface area contributed by atoms with E-state index in [1.165, 1.54) is 0 Å². The van der Waals surface area contributed by atoms with Crippen LogP contribution in [0.2, 0.25) is 5.02 Å². The fraction of sp³-hybridized carbons (Fsp3) is 0.438. The summed E-state index contributed by atoms with van der Waals surface area (Å²) in [5, 5.41) is 15.6. The first kappa shape index (κ1) is 14.4. The Bertz CT molecular complexity index is 626. The fourth-order valence-electron chi connectivity index (χ4n) is 3.03. The van der Waals surface area contributed by atoms with Crippen molar-refractivity contribution in [3.8, 4) is 11.3 Å². The number of aliphatic hydroxyl groups excluding tert-OH is 1. The van der Waals surface area contributed by atoms with Gasteiger partial charge in [0.05, 0.1) is 22.9 Å². The first-order chi connectivity index (χ1) is 10.2. The van der Waals surface area contributed by atoms with Crippen molar-refractivity contribution < 1.29 is 5.11 Å². The smallest absolute Gasteiger partial charge is 0.122 e. The highest BCUT2D eigenvalue weighted by Gasteiger charge is 2.26. The summed E-state index contributed by atoms with van der Waals surface area (Å²) in [5.41, 5.74) is 7.75. The number of nitrogens with zero attached hydrogens (tertiary/aromatic N) is 2. The maximum absolute atomic E-state index is 10.3. The lowest BCUT2D eigenvalue weighted by molar-refractivity contribution is 0.100. The van der Waals surface area contributed by atoms with E-state index in [0.29, 0.717) is 10.8 Å². The fourth-order valence-corrected chi connectivity index (χ4v) is 3.26. The summed E-state index contributed by atoms with van der Waals surface area (Å²) in [6.45, 7) is 0. The third-order valence-corrected chi connectivity index (χ3v) is 4.50. The van der Waals surface area contributed by atoms with Crippen molar-refractivity contribution >= 4 is 17.4 Å². The van der Waals surface area contributed by atoms with E-state index in [4.69, 9.17) is 17.3 Å². The van der Waals surface area contributed by atoms with Gasteiger partial charge in [0, 0.05) is 11.6 Å². The number of hydrogen-bond acceptors (Lipinski definition) is 3. The van der Waals surface area contributed by atoms with Gasteiger partial charge in [0.15, 0.2) is 0 Å². The second-order valence-corrected chi connectivity index (χ2v) is 6.06. The Labute approximate surface area is 129 Å². The lowest BCUT2D eigenvalue weighted by Crippen LogP contribution is -2.25. The van der Waals surface area contributed by atoms with Crippen LogP contribution < -0.4 is 5.73 Å². The van der Waals surface area contributed by atoms with Crippen LogP contribution in [-0.2, 0) is 0 Å². The van der Waals surface area contributed by atoms with Gasteiger partial charge in [-0.15, -0.1) is 0 Å². The Morgan fingerprint density at radius 3 is 2.76 bits per heavy atom. The molecule has 0 amide bonds. The van der Waals surface area contributed by atoms with E-state index in [1.807, 2.05) is 30.3 Å². The topological polar surface area (TPSA) is 64.1 Å². The van der Waals surface area contributed by atoms with Gasteiger partial charge in [-0.3, -0.25) is 0 Å². The molecule has 0 radical (unpaired) electrons. The summed E-state index contributed by atoms with van der Waals surface area (Å²) in [4.78, 5) is 0. The zero-order valence-electron chi connectivity index (χ0n) is 11.9. The van der Waals surface area contributed by atoms with E-state index in [2.05, 4.69) is 5.10 Å². The number of hydrogen-bond donors (Lipinski definition) is 2. The summed E-state index contributed by atoms with van der Waals surface area (Å²) < 4.78 is 1.77. The summed E-state index contributed by atoms with van der Waals surface area (Å²) in [6.07, 6.45) is 4.67. The Kier molecular flexibility index (Phi) is 4.17. The molecule has 1 saturated carbocycles. The van der Waals surface area contributed by atoms with E-state index in [1.54, 1.807) is 4.68 Å². The van der Waals surface area contributed by atoms with Gasteiger partial charge < -0.3 is 10.8 Å². The maximum atomic E-state index is 10.3. The summed E-state index contributed by atoms with van der Waals surface area (Å²) in [6, 6.07) is 9.38. The van der Waals surface area contributed by atoms with Crippen LogP contribution in [-0.4, -0.2) is 21.0 Å². The largest absolute Gasteiger partial charge is 0.391 e. The van der Waals surface area contributed by atoms with Crippen molar-refractivity contribution in [2.24, 2.45) is 0 Å². The van der Waals surface area contributed by atoms with Crippen molar-refractivity contribution in [1.82, 2.24) is 9.78 Å². The van der Waals surface area contributed by atoms with Crippen LogP contribution >= 0.6 is 11.6 Å². The van der Waals surface area contributed by atoms with Crippen LogP contribution in [0.4, 0.5) is 5.82 Å². The molecule has 4 nitrogen and oxygen atoms in total. The minimum absolute atomic E-state index is 0.0382. The Morgan fingerprint density at radius 2 is 1.95 bits per heavy atom. The van der Waals surface area contributed by atoms with Gasteiger partial charge in [0.1, 0.15) is 5.82 Å². The Hall–Kier alpha value is -1.52. The first-order valence-corrected chi connectivity index (χ1v) is 7.82.